The van der Waals surface area contributed by atoms with Crippen molar-refractivity contribution in [3.8, 4) is 0 Å². The zero-order valence-electron chi connectivity index (χ0n) is 14.7. The van der Waals surface area contributed by atoms with Crippen LogP contribution in [0, 0.1) is 6.92 Å². The Labute approximate surface area is 157 Å². The Balaban J connectivity index is 2.36. The third-order valence-corrected chi connectivity index (χ3v) is 4.61. The summed E-state index contributed by atoms with van der Waals surface area (Å²) in [5.74, 6) is -2.20. The van der Waals surface area contributed by atoms with Crippen LogP contribution in [0.5, 0.6) is 0 Å². The van der Waals surface area contributed by atoms with E-state index in [9.17, 15) is 23.2 Å². The van der Waals surface area contributed by atoms with E-state index in [1.165, 1.54) is 14.0 Å². The molecule has 2 rings (SSSR count). The van der Waals surface area contributed by atoms with E-state index >= 15 is 0 Å². The predicted octanol–water partition coefficient (Wildman–Crippen LogP) is 3.25. The molecule has 0 unspecified atom stereocenters. The number of alkyl halides is 2. The second kappa shape index (κ2) is 8.71. The van der Waals surface area contributed by atoms with Crippen LogP contribution in [-0.2, 0) is 9.47 Å². The van der Waals surface area contributed by atoms with E-state index in [0.717, 1.165) is 23.6 Å². The van der Waals surface area contributed by atoms with Gasteiger partial charge in [-0.15, -0.1) is 11.3 Å². The lowest BCUT2D eigenvalue weighted by Crippen LogP contribution is -2.16. The Bertz CT molecular complexity index is 862. The van der Waals surface area contributed by atoms with Crippen LogP contribution < -0.4 is 5.32 Å². The van der Waals surface area contributed by atoms with Crippen molar-refractivity contribution in [2.75, 3.05) is 19.0 Å². The predicted molar refractivity (Wildman–Crippen MR) is 92.4 cm³/mol. The van der Waals surface area contributed by atoms with Crippen LogP contribution in [0.25, 0.3) is 0 Å². The molecule has 0 spiro atoms. The first-order valence-electron chi connectivity index (χ1n) is 7.83. The van der Waals surface area contributed by atoms with Gasteiger partial charge in [0.2, 0.25) is 0 Å². The second-order valence-corrected chi connectivity index (χ2v) is 6.32. The number of methoxy groups -OCH3 is 1. The van der Waals surface area contributed by atoms with Crippen molar-refractivity contribution < 1.29 is 32.6 Å². The molecule has 1 N–H and O–H groups in total. The quantitative estimate of drug-likeness (QED) is 0.715. The average molecular weight is 401 g/mol. The summed E-state index contributed by atoms with van der Waals surface area (Å²) in [6, 6.07) is 1.11. The standard InChI is InChI=1S/C16H17F2N3O5S/c1-4-7-26-14(23)10-8(2)11(15(24)25-3)27-13(10)19-12(22)9-5-6-21(20-9)16(17)18/h5-6,16H,4,7H2,1-3H3,(H,19,22). The third-order valence-electron chi connectivity index (χ3n) is 3.43. The van der Waals surface area contributed by atoms with Gasteiger partial charge in [-0.1, -0.05) is 6.92 Å². The van der Waals surface area contributed by atoms with Crippen LogP contribution >= 0.6 is 11.3 Å². The highest BCUT2D eigenvalue weighted by Crippen LogP contribution is 2.34. The second-order valence-electron chi connectivity index (χ2n) is 5.30. The molecule has 8 nitrogen and oxygen atoms in total. The SMILES string of the molecule is CCCOC(=O)c1c(NC(=O)c2ccn(C(F)F)n2)sc(C(=O)OC)c1C. The first-order chi connectivity index (χ1) is 12.8. The molecule has 0 radical (unpaired) electrons. The van der Waals surface area contributed by atoms with Crippen molar-refractivity contribution in [1.29, 1.82) is 0 Å². The van der Waals surface area contributed by atoms with E-state index in [1.54, 1.807) is 0 Å². The van der Waals surface area contributed by atoms with Crippen LogP contribution in [0.15, 0.2) is 12.3 Å². The van der Waals surface area contributed by atoms with Gasteiger partial charge in [0, 0.05) is 6.20 Å². The lowest BCUT2D eigenvalue weighted by Gasteiger charge is -2.07. The smallest absolute Gasteiger partial charge is 0.348 e. The van der Waals surface area contributed by atoms with Crippen molar-refractivity contribution in [2.45, 2.75) is 26.8 Å². The summed E-state index contributed by atoms with van der Waals surface area (Å²) >= 11 is 0.827. The number of esters is 2. The molecule has 11 heteroatoms. The summed E-state index contributed by atoms with van der Waals surface area (Å²) in [7, 11) is 1.19. The summed E-state index contributed by atoms with van der Waals surface area (Å²) in [4.78, 5) is 36.7. The molecule has 0 aliphatic rings. The van der Waals surface area contributed by atoms with Gasteiger partial charge in [0.25, 0.3) is 5.91 Å². The van der Waals surface area contributed by atoms with Gasteiger partial charge in [-0.2, -0.15) is 13.9 Å². The maximum absolute atomic E-state index is 12.6. The minimum absolute atomic E-state index is 0.00972. The highest BCUT2D eigenvalue weighted by atomic mass is 32.1. The summed E-state index contributed by atoms with van der Waals surface area (Å²) in [5.41, 5.74) is 0.0331. The van der Waals surface area contributed by atoms with Crippen LogP contribution in [0.3, 0.4) is 0 Å². The topological polar surface area (TPSA) is 99.5 Å². The van der Waals surface area contributed by atoms with Gasteiger partial charge in [0.05, 0.1) is 19.3 Å². The summed E-state index contributed by atoms with van der Waals surface area (Å²) in [6.45, 7) is 0.608. The van der Waals surface area contributed by atoms with E-state index < -0.39 is 24.4 Å². The van der Waals surface area contributed by atoms with Crippen LogP contribution in [0.2, 0.25) is 0 Å². The van der Waals surface area contributed by atoms with Gasteiger partial charge in [-0.3, -0.25) is 4.79 Å². The minimum atomic E-state index is -2.89. The van der Waals surface area contributed by atoms with Gasteiger partial charge in [-0.05, 0) is 25.0 Å². The highest BCUT2D eigenvalue weighted by molar-refractivity contribution is 7.18. The number of carbonyl (C=O) groups excluding carboxylic acids is 3. The van der Waals surface area contributed by atoms with Gasteiger partial charge in [0.1, 0.15) is 9.88 Å². The molecule has 0 saturated heterocycles. The first-order valence-corrected chi connectivity index (χ1v) is 8.65. The van der Waals surface area contributed by atoms with E-state index in [0.29, 0.717) is 16.7 Å². The monoisotopic (exact) mass is 401 g/mol. The fourth-order valence-corrected chi connectivity index (χ4v) is 3.24. The molecule has 0 bridgehead atoms. The van der Waals surface area contributed by atoms with Gasteiger partial charge in [0.15, 0.2) is 5.69 Å². The molecule has 2 aromatic rings. The average Bonchev–Trinajstić information content (AvgIpc) is 3.24. The molecule has 1 amide bonds. The summed E-state index contributed by atoms with van der Waals surface area (Å²) in [5, 5.41) is 5.94. The molecule has 0 aromatic carbocycles. The van der Waals surface area contributed by atoms with E-state index in [1.807, 2.05) is 6.92 Å². The Kier molecular flexibility index (Phi) is 6.61. The van der Waals surface area contributed by atoms with Crippen LogP contribution in [0.4, 0.5) is 13.8 Å². The van der Waals surface area contributed by atoms with Crippen LogP contribution in [-0.4, -0.2) is 41.3 Å². The molecule has 2 heterocycles. The van der Waals surface area contributed by atoms with Gasteiger partial charge < -0.3 is 14.8 Å². The number of nitrogens with zero attached hydrogens (tertiary/aromatic N) is 2. The normalized spacial score (nSPS) is 10.7. The molecule has 2 aromatic heterocycles. The molecule has 27 heavy (non-hydrogen) atoms. The number of ether oxygens (including phenoxy) is 2. The van der Waals surface area contributed by atoms with E-state index in [2.05, 4.69) is 15.2 Å². The molecule has 0 aliphatic heterocycles. The number of anilines is 1. The van der Waals surface area contributed by atoms with Gasteiger partial charge >= 0.3 is 18.5 Å². The number of rotatable bonds is 7. The molecule has 0 saturated carbocycles. The molecule has 0 aliphatic carbocycles. The fraction of sp³-hybridized carbons (Fsp3) is 0.375. The summed E-state index contributed by atoms with van der Waals surface area (Å²) in [6.07, 6.45) is 1.54. The Morgan fingerprint density at radius 1 is 1.33 bits per heavy atom. The maximum Gasteiger partial charge on any atom is 0.348 e. The number of hydrogen-bond acceptors (Lipinski definition) is 7. The van der Waals surface area contributed by atoms with Crippen molar-refractivity contribution in [2.24, 2.45) is 0 Å². The Morgan fingerprint density at radius 2 is 2.04 bits per heavy atom. The number of nitrogens with one attached hydrogen (secondary N) is 1. The molecule has 0 fully saturated rings. The lowest BCUT2D eigenvalue weighted by atomic mass is 10.1. The first kappa shape index (κ1) is 20.5. The molecule has 0 atom stereocenters. The number of amides is 1. The number of thiophene rings is 1. The number of hydrogen-bond donors (Lipinski definition) is 1. The van der Waals surface area contributed by atoms with Crippen molar-refractivity contribution in [3.63, 3.8) is 0 Å². The van der Waals surface area contributed by atoms with E-state index in [-0.39, 0.29) is 27.7 Å². The summed E-state index contributed by atoms with van der Waals surface area (Å²) < 4.78 is 35.3. The minimum Gasteiger partial charge on any atom is -0.465 e. The van der Waals surface area contributed by atoms with E-state index in [4.69, 9.17) is 4.74 Å². The van der Waals surface area contributed by atoms with Crippen LogP contribution in [0.1, 0.15) is 56.0 Å². The Hall–Kier alpha value is -2.82. The molecular formula is C16H17F2N3O5S. The zero-order valence-corrected chi connectivity index (χ0v) is 15.6. The van der Waals surface area contributed by atoms with Crippen molar-refractivity contribution in [1.82, 2.24) is 9.78 Å². The molecular weight excluding hydrogens is 384 g/mol. The number of aromatic nitrogens is 2. The van der Waals surface area contributed by atoms with Crippen molar-refractivity contribution in [3.05, 3.63) is 34.0 Å². The highest BCUT2D eigenvalue weighted by Gasteiger charge is 2.27. The maximum atomic E-state index is 12.6. The lowest BCUT2D eigenvalue weighted by molar-refractivity contribution is 0.0505. The zero-order chi connectivity index (χ0) is 20.1. The van der Waals surface area contributed by atoms with Gasteiger partial charge in [-0.25, -0.2) is 14.3 Å². The Morgan fingerprint density at radius 3 is 2.59 bits per heavy atom. The third kappa shape index (κ3) is 4.48. The number of halogens is 2. The molecule has 146 valence electrons. The number of carbonyl (C=O) groups is 3. The van der Waals surface area contributed by atoms with Crippen molar-refractivity contribution >= 4 is 34.2 Å². The fourth-order valence-electron chi connectivity index (χ4n) is 2.14. The largest absolute Gasteiger partial charge is 0.465 e.